The highest BCUT2D eigenvalue weighted by Gasteiger charge is 2.25. The van der Waals surface area contributed by atoms with E-state index in [1.54, 1.807) is 0 Å². The zero-order chi connectivity index (χ0) is 9.99. The molecule has 0 saturated carbocycles. The molecule has 0 aromatic rings. The van der Waals surface area contributed by atoms with Gasteiger partial charge in [-0.1, -0.05) is 0 Å². The van der Waals surface area contributed by atoms with Gasteiger partial charge in [-0.15, -0.1) is 0 Å². The zero-order valence-corrected chi connectivity index (χ0v) is 8.25. The molecule has 1 atom stereocenters. The Morgan fingerprint density at radius 3 is 2.17 bits per heavy atom. The van der Waals surface area contributed by atoms with Crippen LogP contribution in [0.5, 0.6) is 0 Å². The minimum atomic E-state index is -4.33. The largest absolute Gasteiger partial charge is 0.342 e. The van der Waals surface area contributed by atoms with Gasteiger partial charge in [-0.25, -0.2) is 8.42 Å². The third-order valence-corrected chi connectivity index (χ3v) is 3.32. The lowest BCUT2D eigenvalue weighted by Crippen LogP contribution is -2.23. The number of hydrogen-bond donors (Lipinski definition) is 3. The van der Waals surface area contributed by atoms with Crippen molar-refractivity contribution in [2.75, 3.05) is 12.0 Å². The van der Waals surface area contributed by atoms with Gasteiger partial charge in [0, 0.05) is 6.26 Å². The maximum Gasteiger partial charge on any atom is 0.342 e. The van der Waals surface area contributed by atoms with Crippen LogP contribution in [0.3, 0.4) is 0 Å². The highest BCUT2D eigenvalue weighted by Crippen LogP contribution is 2.39. The van der Waals surface area contributed by atoms with Gasteiger partial charge in [0.15, 0.2) is 0 Å². The molecule has 0 heterocycles. The summed E-state index contributed by atoms with van der Waals surface area (Å²) >= 11 is 0. The van der Waals surface area contributed by atoms with Crippen molar-refractivity contribution in [3.8, 4) is 0 Å². The van der Waals surface area contributed by atoms with Crippen LogP contribution >= 0.6 is 7.60 Å². The van der Waals surface area contributed by atoms with E-state index in [-0.39, 0.29) is 12.2 Å². The molecule has 8 heteroatoms. The predicted molar refractivity (Wildman–Crippen MR) is 44.3 cm³/mol. The van der Waals surface area contributed by atoms with E-state index in [4.69, 9.17) is 15.5 Å². The minimum Gasteiger partial charge on any atom is -0.323 e. The summed E-state index contributed by atoms with van der Waals surface area (Å²) in [6, 6.07) is 0. The Balaban J connectivity index is 4.06. The summed E-state index contributed by atoms with van der Waals surface area (Å²) in [5.41, 5.74) is 5.03. The van der Waals surface area contributed by atoms with Crippen LogP contribution in [0.4, 0.5) is 0 Å². The van der Waals surface area contributed by atoms with Gasteiger partial charge < -0.3 is 15.5 Å². The first-order chi connectivity index (χ1) is 5.13. The number of hydrogen-bond acceptors (Lipinski definition) is 4. The normalized spacial score (nSPS) is 16.0. The molecule has 4 N–H and O–H groups in total. The molecular weight excluding hydrogens is 205 g/mol. The fourth-order valence-electron chi connectivity index (χ4n) is 0.503. The van der Waals surface area contributed by atoms with E-state index in [1.807, 2.05) is 0 Å². The molecule has 6 nitrogen and oxygen atoms in total. The van der Waals surface area contributed by atoms with E-state index < -0.39 is 23.2 Å². The Labute approximate surface area is 70.9 Å². The Morgan fingerprint density at radius 2 is 1.92 bits per heavy atom. The molecule has 0 fully saturated rings. The molecule has 0 spiro atoms. The van der Waals surface area contributed by atoms with Crippen LogP contribution in [0.25, 0.3) is 0 Å². The van der Waals surface area contributed by atoms with E-state index in [2.05, 4.69) is 0 Å². The molecule has 0 radical (unpaired) electrons. The van der Waals surface area contributed by atoms with Gasteiger partial charge in [0.05, 0.1) is 5.75 Å². The zero-order valence-electron chi connectivity index (χ0n) is 6.54. The molecule has 0 amide bonds. The molecule has 0 bridgehead atoms. The van der Waals surface area contributed by atoms with Crippen LogP contribution in [0.2, 0.25) is 0 Å². The fraction of sp³-hybridized carbons (Fsp3) is 1.00. The van der Waals surface area contributed by atoms with E-state index in [0.717, 1.165) is 6.26 Å². The predicted octanol–water partition coefficient (Wildman–Crippen LogP) is -1.12. The molecule has 1 unspecified atom stereocenters. The van der Waals surface area contributed by atoms with Gasteiger partial charge in [0.2, 0.25) is 0 Å². The SMILES string of the molecule is CS(=O)(=O)CCC(N)P(=O)(O)O. The van der Waals surface area contributed by atoms with Crippen LogP contribution < -0.4 is 5.73 Å². The number of nitrogens with two attached hydrogens (primary N) is 1. The average molecular weight is 217 g/mol. The van der Waals surface area contributed by atoms with Crippen molar-refractivity contribution in [2.45, 2.75) is 12.2 Å². The van der Waals surface area contributed by atoms with Crippen molar-refractivity contribution >= 4 is 17.4 Å². The third-order valence-electron chi connectivity index (χ3n) is 1.22. The molecular formula is C4H12NO5PS. The monoisotopic (exact) mass is 217 g/mol. The summed E-state index contributed by atoms with van der Waals surface area (Å²) < 4.78 is 31.5. The number of rotatable bonds is 4. The first kappa shape index (κ1) is 12.1. The van der Waals surface area contributed by atoms with Crippen LogP contribution in [0.1, 0.15) is 6.42 Å². The van der Waals surface area contributed by atoms with Crippen LogP contribution in [0.15, 0.2) is 0 Å². The quantitative estimate of drug-likeness (QED) is 0.513. The van der Waals surface area contributed by atoms with Crippen molar-refractivity contribution in [1.29, 1.82) is 0 Å². The second kappa shape index (κ2) is 3.85. The Morgan fingerprint density at radius 1 is 1.50 bits per heavy atom. The second-order valence-corrected chi connectivity index (χ2v) is 6.68. The van der Waals surface area contributed by atoms with Gasteiger partial charge in [-0.3, -0.25) is 4.57 Å². The summed E-state index contributed by atoms with van der Waals surface area (Å²) in [5.74, 6) is -1.69. The maximum absolute atomic E-state index is 10.6. The first-order valence-corrected chi connectivity index (χ1v) is 6.85. The van der Waals surface area contributed by atoms with E-state index in [0.29, 0.717) is 0 Å². The molecule has 0 aliphatic rings. The molecule has 0 aliphatic heterocycles. The van der Waals surface area contributed by atoms with Gasteiger partial charge in [-0.05, 0) is 6.42 Å². The molecule has 0 aromatic carbocycles. The maximum atomic E-state index is 10.6. The second-order valence-electron chi connectivity index (χ2n) is 2.57. The summed E-state index contributed by atoms with van der Waals surface area (Å²) in [4.78, 5) is 16.9. The minimum absolute atomic E-state index is 0.219. The van der Waals surface area contributed by atoms with Crippen molar-refractivity contribution in [1.82, 2.24) is 0 Å². The molecule has 0 aromatic heterocycles. The van der Waals surface area contributed by atoms with E-state index in [1.165, 1.54) is 0 Å². The van der Waals surface area contributed by atoms with Gasteiger partial charge in [-0.2, -0.15) is 0 Å². The standard InChI is InChI=1S/C4H12NO5PS/c1-12(9,10)3-2-4(5)11(6,7)8/h4H,2-3,5H2,1H3,(H2,6,7,8). The van der Waals surface area contributed by atoms with E-state index in [9.17, 15) is 13.0 Å². The Kier molecular flexibility index (Phi) is 3.87. The highest BCUT2D eigenvalue weighted by molar-refractivity contribution is 7.90. The van der Waals surface area contributed by atoms with Crippen molar-refractivity contribution < 1.29 is 22.8 Å². The molecule has 0 saturated heterocycles. The van der Waals surface area contributed by atoms with E-state index >= 15 is 0 Å². The van der Waals surface area contributed by atoms with Gasteiger partial charge in [0.1, 0.15) is 15.6 Å². The summed E-state index contributed by atoms with van der Waals surface area (Å²) in [5, 5.41) is 0. The van der Waals surface area contributed by atoms with Crippen LogP contribution in [0, 0.1) is 0 Å². The van der Waals surface area contributed by atoms with Crippen molar-refractivity contribution in [3.05, 3.63) is 0 Å². The smallest absolute Gasteiger partial charge is 0.323 e. The van der Waals surface area contributed by atoms with Gasteiger partial charge in [0.25, 0.3) is 0 Å². The van der Waals surface area contributed by atoms with Gasteiger partial charge >= 0.3 is 7.60 Å². The Hall–Kier alpha value is 0.0600. The number of sulfone groups is 1. The molecule has 74 valence electrons. The van der Waals surface area contributed by atoms with Crippen LogP contribution in [-0.4, -0.2) is 36.0 Å². The lowest BCUT2D eigenvalue weighted by atomic mass is 10.5. The average Bonchev–Trinajstić information content (AvgIpc) is 1.78. The first-order valence-electron chi connectivity index (χ1n) is 3.11. The molecule has 0 rings (SSSR count). The topological polar surface area (TPSA) is 118 Å². The summed E-state index contributed by atoms with van der Waals surface area (Å²) in [6.07, 6.45) is 0.766. The Bertz CT molecular complexity index is 280. The third kappa shape index (κ3) is 5.68. The summed E-state index contributed by atoms with van der Waals surface area (Å²) in [6.45, 7) is 0. The van der Waals surface area contributed by atoms with Crippen molar-refractivity contribution in [3.63, 3.8) is 0 Å². The highest BCUT2D eigenvalue weighted by atomic mass is 32.2. The lowest BCUT2D eigenvalue weighted by molar-refractivity contribution is 0.357. The fourth-order valence-corrected chi connectivity index (χ4v) is 1.83. The summed E-state index contributed by atoms with van der Waals surface area (Å²) in [7, 11) is -7.53. The molecule has 0 aliphatic carbocycles. The molecule has 12 heavy (non-hydrogen) atoms. The van der Waals surface area contributed by atoms with Crippen LogP contribution in [-0.2, 0) is 14.4 Å². The van der Waals surface area contributed by atoms with Crippen molar-refractivity contribution in [2.24, 2.45) is 5.73 Å². The lowest BCUT2D eigenvalue weighted by Gasteiger charge is -2.11.